The number of aryl methyl sites for hydroxylation is 2. The summed E-state index contributed by atoms with van der Waals surface area (Å²) in [6.07, 6.45) is 2.07. The van der Waals surface area contributed by atoms with Gasteiger partial charge in [-0.3, -0.25) is 0 Å². The van der Waals surface area contributed by atoms with Gasteiger partial charge in [0.15, 0.2) is 0 Å². The zero-order chi connectivity index (χ0) is 22.2. The second-order valence-corrected chi connectivity index (χ2v) is 17.3. The molecule has 2 nitrogen and oxygen atoms in total. The average molecular weight is 527 g/mol. The molecule has 0 heterocycles. The summed E-state index contributed by atoms with van der Waals surface area (Å²) in [7, 11) is 0. The molecule has 0 aromatic heterocycles. The Morgan fingerprint density at radius 1 is 0.625 bits per heavy atom. The Labute approximate surface area is 195 Å². The molecule has 32 heavy (non-hydrogen) atoms. The van der Waals surface area contributed by atoms with Gasteiger partial charge in [-0.2, -0.15) is 0 Å². The standard InChI is InChI=1S/C11H14O2.3C6H5.Sn/c1-2-9-3-5-10(6-4-9)7-8-11(12)13;3*1-2-4-6-5-3-1;/h3-6H,2,7-8H2,1H3,(H,12,13);3*1-5H;/q;;;;+1/p-1. The summed E-state index contributed by atoms with van der Waals surface area (Å²) in [4.78, 5) is 13.3. The third-order valence-electron chi connectivity index (χ3n) is 5.86. The van der Waals surface area contributed by atoms with Crippen LogP contribution in [0, 0.1) is 0 Å². The SMILES string of the molecule is CCc1ccc(CCC(=O)[O][Sn]([c]2ccccc2)([c]2ccccc2)[c]2ccccc2)cc1. The molecule has 0 fully saturated rings. The van der Waals surface area contributed by atoms with Crippen LogP contribution < -0.4 is 10.7 Å². The maximum atomic E-state index is 13.3. The van der Waals surface area contributed by atoms with Crippen molar-refractivity contribution in [1.82, 2.24) is 0 Å². The third kappa shape index (κ3) is 4.96. The molecule has 0 radical (unpaired) electrons. The van der Waals surface area contributed by atoms with E-state index in [-0.39, 0.29) is 5.97 Å². The molecule has 0 spiro atoms. The van der Waals surface area contributed by atoms with Gasteiger partial charge in [0.1, 0.15) is 0 Å². The normalized spacial score (nSPS) is 11.2. The Balaban J connectivity index is 1.69. The van der Waals surface area contributed by atoms with Crippen molar-refractivity contribution in [3.8, 4) is 0 Å². The molecule has 0 atom stereocenters. The molecule has 0 N–H and O–H groups in total. The van der Waals surface area contributed by atoms with Gasteiger partial charge in [0.2, 0.25) is 0 Å². The zero-order valence-electron chi connectivity index (χ0n) is 18.4. The second kappa shape index (κ2) is 10.6. The second-order valence-electron chi connectivity index (χ2n) is 7.92. The van der Waals surface area contributed by atoms with Gasteiger partial charge >= 0.3 is 196 Å². The molecule has 4 rings (SSSR count). The van der Waals surface area contributed by atoms with Crippen molar-refractivity contribution in [3.63, 3.8) is 0 Å². The van der Waals surface area contributed by atoms with E-state index < -0.39 is 18.8 Å². The van der Waals surface area contributed by atoms with Gasteiger partial charge < -0.3 is 0 Å². The molecular weight excluding hydrogens is 499 g/mol. The zero-order valence-corrected chi connectivity index (χ0v) is 21.3. The van der Waals surface area contributed by atoms with E-state index in [9.17, 15) is 4.79 Å². The molecule has 160 valence electrons. The van der Waals surface area contributed by atoms with Crippen LogP contribution in [0.2, 0.25) is 0 Å². The molecule has 0 bridgehead atoms. The minimum atomic E-state index is -4.00. The van der Waals surface area contributed by atoms with Crippen LogP contribution >= 0.6 is 0 Å². The van der Waals surface area contributed by atoms with Gasteiger partial charge in [-0.25, -0.2) is 0 Å². The molecule has 0 saturated heterocycles. The van der Waals surface area contributed by atoms with Crippen LogP contribution in [0.4, 0.5) is 0 Å². The van der Waals surface area contributed by atoms with E-state index in [0.29, 0.717) is 12.8 Å². The van der Waals surface area contributed by atoms with E-state index in [0.717, 1.165) is 17.2 Å². The van der Waals surface area contributed by atoms with E-state index in [4.69, 9.17) is 3.07 Å². The summed E-state index contributed by atoms with van der Waals surface area (Å²) in [5, 5.41) is 0. The molecule has 0 saturated carbocycles. The summed E-state index contributed by atoms with van der Waals surface area (Å²) < 4.78 is 10.1. The molecule has 0 aliphatic carbocycles. The van der Waals surface area contributed by atoms with E-state index in [1.54, 1.807) is 0 Å². The van der Waals surface area contributed by atoms with Crippen LogP contribution in [-0.4, -0.2) is 24.8 Å². The van der Waals surface area contributed by atoms with Crippen LogP contribution in [0.15, 0.2) is 115 Å². The van der Waals surface area contributed by atoms with Crippen molar-refractivity contribution in [1.29, 1.82) is 0 Å². The fourth-order valence-corrected chi connectivity index (χ4v) is 14.9. The third-order valence-corrected chi connectivity index (χ3v) is 17.2. The van der Waals surface area contributed by atoms with E-state index in [2.05, 4.69) is 67.6 Å². The van der Waals surface area contributed by atoms with Gasteiger partial charge in [0.05, 0.1) is 0 Å². The first-order valence-electron chi connectivity index (χ1n) is 11.2. The number of carbonyl (C=O) groups excluding carboxylic acids is 1. The molecule has 0 aliphatic rings. The minimum absolute atomic E-state index is 0.128. The summed E-state index contributed by atoms with van der Waals surface area (Å²) in [6, 6.07) is 39.5. The Kier molecular flexibility index (Phi) is 7.43. The van der Waals surface area contributed by atoms with Crippen molar-refractivity contribution in [3.05, 3.63) is 126 Å². The van der Waals surface area contributed by atoms with Gasteiger partial charge in [0, 0.05) is 0 Å². The van der Waals surface area contributed by atoms with Crippen molar-refractivity contribution in [2.24, 2.45) is 0 Å². The first kappa shape index (κ1) is 22.3. The Morgan fingerprint density at radius 3 is 1.44 bits per heavy atom. The molecule has 3 heteroatoms. The average Bonchev–Trinajstić information content (AvgIpc) is 2.88. The summed E-state index contributed by atoms with van der Waals surface area (Å²) in [6.45, 7) is 2.15. The summed E-state index contributed by atoms with van der Waals surface area (Å²) >= 11 is -4.00. The van der Waals surface area contributed by atoms with Crippen molar-refractivity contribution < 1.29 is 7.87 Å². The number of rotatable bonds is 8. The fraction of sp³-hybridized carbons (Fsp3) is 0.138. The summed E-state index contributed by atoms with van der Waals surface area (Å²) in [5.41, 5.74) is 2.47. The van der Waals surface area contributed by atoms with Crippen molar-refractivity contribution >= 4 is 35.5 Å². The van der Waals surface area contributed by atoms with Crippen molar-refractivity contribution in [2.45, 2.75) is 26.2 Å². The molecular formula is C29H28O2Sn. The van der Waals surface area contributed by atoms with Crippen LogP contribution in [-0.2, 0) is 20.7 Å². The fourth-order valence-electron chi connectivity index (χ4n) is 4.11. The first-order valence-corrected chi connectivity index (χ1v) is 16.6. The monoisotopic (exact) mass is 528 g/mol. The van der Waals surface area contributed by atoms with Crippen LogP contribution in [0.1, 0.15) is 24.5 Å². The van der Waals surface area contributed by atoms with Gasteiger partial charge in [-0.05, 0) is 0 Å². The number of benzene rings is 4. The molecule has 0 unspecified atom stereocenters. The molecule has 4 aromatic rings. The molecule has 0 aliphatic heterocycles. The number of hydrogen-bond acceptors (Lipinski definition) is 2. The predicted octanol–water partition coefficient (Wildman–Crippen LogP) is 4.39. The Hall–Kier alpha value is -2.85. The number of hydrogen-bond donors (Lipinski definition) is 0. The van der Waals surface area contributed by atoms with E-state index >= 15 is 0 Å². The van der Waals surface area contributed by atoms with Crippen LogP contribution in [0.3, 0.4) is 0 Å². The Bertz CT molecular complexity index is 1030. The molecule has 0 amide bonds. The first-order chi connectivity index (χ1) is 15.7. The number of carbonyl (C=O) groups is 1. The van der Waals surface area contributed by atoms with E-state index in [1.165, 1.54) is 11.1 Å². The van der Waals surface area contributed by atoms with E-state index in [1.807, 2.05) is 54.6 Å². The van der Waals surface area contributed by atoms with Gasteiger partial charge in [-0.1, -0.05) is 0 Å². The Morgan fingerprint density at radius 2 is 1.03 bits per heavy atom. The maximum absolute atomic E-state index is 13.3. The molecule has 4 aromatic carbocycles. The summed E-state index contributed by atoms with van der Waals surface area (Å²) in [5.74, 6) is -0.128. The van der Waals surface area contributed by atoms with Crippen LogP contribution in [0.25, 0.3) is 0 Å². The quantitative estimate of drug-likeness (QED) is 0.318. The predicted molar refractivity (Wildman–Crippen MR) is 134 cm³/mol. The topological polar surface area (TPSA) is 26.3 Å². The van der Waals surface area contributed by atoms with Crippen molar-refractivity contribution in [2.75, 3.05) is 0 Å². The van der Waals surface area contributed by atoms with Crippen LogP contribution in [0.5, 0.6) is 0 Å². The van der Waals surface area contributed by atoms with Gasteiger partial charge in [-0.15, -0.1) is 0 Å². The van der Waals surface area contributed by atoms with Gasteiger partial charge in [0.25, 0.3) is 0 Å².